The van der Waals surface area contributed by atoms with E-state index in [0.717, 1.165) is 22.4 Å². The Morgan fingerprint density at radius 1 is 1.11 bits per heavy atom. The molecular weight excluding hydrogens is 474 g/mol. The molecule has 8 nitrogen and oxygen atoms in total. The van der Waals surface area contributed by atoms with E-state index in [-0.39, 0.29) is 11.4 Å². The molecule has 0 saturated carbocycles. The van der Waals surface area contributed by atoms with Crippen LogP contribution in [0.3, 0.4) is 0 Å². The van der Waals surface area contributed by atoms with Crippen LogP contribution in [0.2, 0.25) is 0 Å². The van der Waals surface area contributed by atoms with Crippen LogP contribution in [0, 0.1) is 0 Å². The number of pyridine rings is 1. The van der Waals surface area contributed by atoms with E-state index in [4.69, 9.17) is 4.74 Å². The van der Waals surface area contributed by atoms with Gasteiger partial charge in [-0.1, -0.05) is 18.7 Å². The van der Waals surface area contributed by atoms with E-state index in [2.05, 4.69) is 21.9 Å². The first-order valence-electron chi connectivity index (χ1n) is 11.3. The van der Waals surface area contributed by atoms with Crippen molar-refractivity contribution >= 4 is 27.1 Å². The van der Waals surface area contributed by atoms with Crippen molar-refractivity contribution in [2.45, 2.75) is 18.4 Å². The molecule has 9 heteroatoms. The molecule has 2 heterocycles. The molecule has 0 radical (unpaired) electrons. The Morgan fingerprint density at radius 3 is 2.44 bits per heavy atom. The number of nitrogens with one attached hydrogen (secondary N) is 1. The number of ether oxygens (including phenoxy) is 1. The lowest BCUT2D eigenvalue weighted by Gasteiger charge is -2.19. The number of aromatic nitrogens is 3. The lowest BCUT2D eigenvalue weighted by Crippen LogP contribution is -2.26. The Kier molecular flexibility index (Phi) is 7.23. The Labute approximate surface area is 212 Å². The van der Waals surface area contributed by atoms with E-state index < -0.39 is 10.0 Å². The zero-order valence-corrected chi connectivity index (χ0v) is 21.6. The van der Waals surface area contributed by atoms with Crippen LogP contribution in [0.25, 0.3) is 16.8 Å². The molecule has 0 aliphatic heterocycles. The SMILES string of the molecule is C=C(C)c1ccc(Nc2ccc(S(=O)(=O)N(C)Cc3ccc(OC)cc3)cc2-c2cn(C)cn2)nc1. The van der Waals surface area contributed by atoms with Crippen LogP contribution in [0.1, 0.15) is 18.1 Å². The van der Waals surface area contributed by atoms with E-state index in [1.54, 1.807) is 44.9 Å². The quantitative estimate of drug-likeness (QED) is 0.342. The number of nitrogens with zero attached hydrogens (tertiary/aromatic N) is 4. The van der Waals surface area contributed by atoms with E-state index in [1.165, 1.54) is 4.31 Å². The summed E-state index contributed by atoms with van der Waals surface area (Å²) < 4.78 is 35.2. The summed E-state index contributed by atoms with van der Waals surface area (Å²) in [5.41, 5.74) is 4.73. The van der Waals surface area contributed by atoms with Gasteiger partial charge in [0, 0.05) is 44.3 Å². The normalized spacial score (nSPS) is 11.5. The number of hydrogen-bond donors (Lipinski definition) is 1. The van der Waals surface area contributed by atoms with Crippen molar-refractivity contribution in [1.82, 2.24) is 18.8 Å². The van der Waals surface area contributed by atoms with Gasteiger partial charge in [-0.3, -0.25) is 0 Å². The molecule has 0 spiro atoms. The summed E-state index contributed by atoms with van der Waals surface area (Å²) in [6.45, 7) is 6.09. The molecule has 0 atom stereocenters. The third-order valence-electron chi connectivity index (χ3n) is 5.76. The molecule has 2 aromatic carbocycles. The van der Waals surface area contributed by atoms with Gasteiger partial charge < -0.3 is 14.6 Å². The molecule has 36 heavy (non-hydrogen) atoms. The molecule has 186 valence electrons. The Morgan fingerprint density at radius 2 is 1.86 bits per heavy atom. The average Bonchev–Trinajstić information content (AvgIpc) is 3.31. The maximum atomic E-state index is 13.5. The van der Waals surface area contributed by atoms with Crippen molar-refractivity contribution in [2.24, 2.45) is 7.05 Å². The van der Waals surface area contributed by atoms with Gasteiger partial charge >= 0.3 is 0 Å². The molecule has 4 rings (SSSR count). The molecule has 0 aliphatic carbocycles. The highest BCUT2D eigenvalue weighted by atomic mass is 32.2. The number of benzene rings is 2. The van der Waals surface area contributed by atoms with Gasteiger partial charge in [0.05, 0.1) is 24.0 Å². The van der Waals surface area contributed by atoms with Crippen molar-refractivity contribution in [2.75, 3.05) is 19.5 Å². The summed E-state index contributed by atoms with van der Waals surface area (Å²) >= 11 is 0. The fraction of sp³-hybridized carbons (Fsp3) is 0.185. The second-order valence-electron chi connectivity index (χ2n) is 8.58. The van der Waals surface area contributed by atoms with Crippen molar-refractivity contribution < 1.29 is 13.2 Å². The fourth-order valence-corrected chi connectivity index (χ4v) is 4.85. The predicted octanol–water partition coefficient (Wildman–Crippen LogP) is 5.09. The maximum Gasteiger partial charge on any atom is 0.243 e. The third kappa shape index (κ3) is 5.48. The molecule has 0 saturated heterocycles. The van der Waals surface area contributed by atoms with E-state index >= 15 is 0 Å². The molecule has 0 bridgehead atoms. The first-order chi connectivity index (χ1) is 17.2. The fourth-order valence-electron chi connectivity index (χ4n) is 3.67. The maximum absolute atomic E-state index is 13.5. The molecule has 1 N–H and O–H groups in total. The Bertz CT molecular complexity index is 1480. The minimum Gasteiger partial charge on any atom is -0.497 e. The predicted molar refractivity (Wildman–Crippen MR) is 143 cm³/mol. The number of sulfonamides is 1. The molecule has 2 aromatic heterocycles. The van der Waals surface area contributed by atoms with Crippen LogP contribution in [-0.4, -0.2) is 41.4 Å². The summed E-state index contributed by atoms with van der Waals surface area (Å²) in [6.07, 6.45) is 5.27. The lowest BCUT2D eigenvalue weighted by atomic mass is 10.1. The number of anilines is 2. The second kappa shape index (κ2) is 10.3. The van der Waals surface area contributed by atoms with E-state index in [1.807, 2.05) is 61.1 Å². The highest BCUT2D eigenvalue weighted by Gasteiger charge is 2.23. The summed E-state index contributed by atoms with van der Waals surface area (Å²) in [7, 11) is 1.26. The summed E-state index contributed by atoms with van der Waals surface area (Å²) in [6, 6.07) is 16.1. The largest absolute Gasteiger partial charge is 0.497 e. The standard InChI is InChI=1S/C27H29N5O3S/c1-19(2)21-8-13-27(28-15-21)30-25-12-11-23(14-24(25)26-17-31(3)18-29-26)36(33,34)32(4)16-20-6-9-22(35-5)10-7-20/h6-15,17-18H,1,16H2,2-5H3,(H,28,30). The van der Waals surface area contributed by atoms with Crippen LogP contribution in [0.5, 0.6) is 5.75 Å². The van der Waals surface area contributed by atoms with Gasteiger partial charge in [0.25, 0.3) is 0 Å². The van der Waals surface area contributed by atoms with Crippen LogP contribution in [0.4, 0.5) is 11.5 Å². The molecule has 0 fully saturated rings. The number of imidazole rings is 1. The molecule has 0 amide bonds. The minimum atomic E-state index is -3.77. The topological polar surface area (TPSA) is 89.4 Å². The van der Waals surface area contributed by atoms with Crippen LogP contribution in [0.15, 0.2) is 84.8 Å². The monoisotopic (exact) mass is 503 g/mol. The number of aryl methyl sites for hydroxylation is 1. The highest BCUT2D eigenvalue weighted by molar-refractivity contribution is 7.89. The first kappa shape index (κ1) is 25.2. The number of allylic oxidation sites excluding steroid dienone is 1. The van der Waals surface area contributed by atoms with Crippen LogP contribution >= 0.6 is 0 Å². The minimum absolute atomic E-state index is 0.176. The number of rotatable bonds is 9. The Hall–Kier alpha value is -3.95. The summed E-state index contributed by atoms with van der Waals surface area (Å²) in [4.78, 5) is 9.09. The van der Waals surface area contributed by atoms with Gasteiger partial charge in [-0.15, -0.1) is 0 Å². The lowest BCUT2D eigenvalue weighted by molar-refractivity contribution is 0.414. The smallest absolute Gasteiger partial charge is 0.243 e. The average molecular weight is 504 g/mol. The van der Waals surface area contributed by atoms with Crippen LogP contribution < -0.4 is 10.1 Å². The van der Waals surface area contributed by atoms with Crippen molar-refractivity contribution in [3.8, 4) is 17.0 Å². The van der Waals surface area contributed by atoms with Gasteiger partial charge in [-0.2, -0.15) is 4.31 Å². The zero-order chi connectivity index (χ0) is 25.9. The summed E-state index contributed by atoms with van der Waals surface area (Å²) in [5.74, 6) is 1.35. The summed E-state index contributed by atoms with van der Waals surface area (Å²) in [5, 5.41) is 3.29. The molecule has 0 unspecified atom stereocenters. The van der Waals surface area contributed by atoms with E-state index in [0.29, 0.717) is 22.8 Å². The Balaban J connectivity index is 1.66. The van der Waals surface area contributed by atoms with Crippen molar-refractivity contribution in [3.63, 3.8) is 0 Å². The van der Waals surface area contributed by atoms with Crippen molar-refractivity contribution in [1.29, 1.82) is 0 Å². The number of hydrogen-bond acceptors (Lipinski definition) is 6. The zero-order valence-electron chi connectivity index (χ0n) is 20.8. The van der Waals surface area contributed by atoms with E-state index in [9.17, 15) is 8.42 Å². The van der Waals surface area contributed by atoms with Crippen LogP contribution in [-0.2, 0) is 23.6 Å². The highest BCUT2D eigenvalue weighted by Crippen LogP contribution is 2.32. The van der Waals surface area contributed by atoms with Gasteiger partial charge in [-0.25, -0.2) is 18.4 Å². The third-order valence-corrected chi connectivity index (χ3v) is 7.56. The van der Waals surface area contributed by atoms with Crippen molar-refractivity contribution in [3.05, 3.63) is 91.0 Å². The molecule has 0 aliphatic rings. The van der Waals surface area contributed by atoms with Gasteiger partial charge in [-0.05, 0) is 66.1 Å². The second-order valence-corrected chi connectivity index (χ2v) is 10.6. The molecular formula is C27H29N5O3S. The van der Waals surface area contributed by atoms with Gasteiger partial charge in [0.15, 0.2) is 0 Å². The first-order valence-corrected chi connectivity index (χ1v) is 12.7. The van der Waals surface area contributed by atoms with Gasteiger partial charge in [0.1, 0.15) is 11.6 Å². The molecule has 4 aromatic rings. The van der Waals surface area contributed by atoms with Gasteiger partial charge in [0.2, 0.25) is 10.0 Å². The number of methoxy groups -OCH3 is 1.